The first-order chi connectivity index (χ1) is 8.99. The number of hydrogen-bond acceptors (Lipinski definition) is 4. The molecular formula is C13H17ClN2O3. The molecular weight excluding hydrogens is 268 g/mol. The number of morpholine rings is 1. The van der Waals surface area contributed by atoms with Crippen LogP contribution in [0.3, 0.4) is 0 Å². The number of anilines is 1. The molecule has 0 amide bonds. The van der Waals surface area contributed by atoms with Gasteiger partial charge in [-0.1, -0.05) is 25.4 Å². The molecule has 0 radical (unpaired) electrons. The van der Waals surface area contributed by atoms with E-state index in [-0.39, 0.29) is 16.7 Å². The van der Waals surface area contributed by atoms with Crippen molar-refractivity contribution in [2.75, 3.05) is 24.6 Å². The number of halogens is 1. The Kier molecular flexibility index (Phi) is 4.27. The summed E-state index contributed by atoms with van der Waals surface area (Å²) in [7, 11) is 0. The van der Waals surface area contributed by atoms with Crippen LogP contribution in [-0.2, 0) is 4.74 Å². The van der Waals surface area contributed by atoms with Gasteiger partial charge in [0.2, 0.25) is 0 Å². The number of ether oxygens (including phenoxy) is 1. The molecule has 1 aromatic carbocycles. The van der Waals surface area contributed by atoms with Gasteiger partial charge in [0, 0.05) is 24.2 Å². The highest BCUT2D eigenvalue weighted by molar-refractivity contribution is 6.30. The molecule has 0 aliphatic carbocycles. The third-order valence-corrected chi connectivity index (χ3v) is 3.55. The zero-order chi connectivity index (χ0) is 14.0. The quantitative estimate of drug-likeness (QED) is 0.632. The lowest BCUT2D eigenvalue weighted by Gasteiger charge is -2.36. The molecule has 1 fully saturated rings. The molecule has 2 rings (SSSR count). The van der Waals surface area contributed by atoms with E-state index in [0.717, 1.165) is 0 Å². The van der Waals surface area contributed by atoms with Gasteiger partial charge in [-0.3, -0.25) is 10.1 Å². The van der Waals surface area contributed by atoms with Crippen LogP contribution >= 0.6 is 11.6 Å². The average molecular weight is 285 g/mol. The minimum absolute atomic E-state index is 0.0527. The van der Waals surface area contributed by atoms with Gasteiger partial charge in [-0.25, -0.2) is 0 Å². The van der Waals surface area contributed by atoms with Crippen molar-refractivity contribution in [3.05, 3.63) is 33.3 Å². The van der Waals surface area contributed by atoms with Crippen LogP contribution < -0.4 is 4.90 Å². The van der Waals surface area contributed by atoms with Crippen molar-refractivity contribution >= 4 is 23.0 Å². The van der Waals surface area contributed by atoms with Crippen LogP contribution in [0, 0.1) is 16.0 Å². The molecule has 1 atom stereocenters. The maximum atomic E-state index is 11.1. The van der Waals surface area contributed by atoms with Gasteiger partial charge in [0.15, 0.2) is 0 Å². The first-order valence-corrected chi connectivity index (χ1v) is 6.67. The lowest BCUT2D eigenvalue weighted by Crippen LogP contribution is -2.44. The zero-order valence-electron chi connectivity index (χ0n) is 11.0. The maximum Gasteiger partial charge on any atom is 0.294 e. The van der Waals surface area contributed by atoms with Gasteiger partial charge in [0.25, 0.3) is 5.69 Å². The van der Waals surface area contributed by atoms with E-state index in [1.807, 2.05) is 4.90 Å². The van der Waals surface area contributed by atoms with Crippen molar-refractivity contribution in [1.82, 2.24) is 0 Å². The molecule has 0 N–H and O–H groups in total. The van der Waals surface area contributed by atoms with Crippen LogP contribution in [0.15, 0.2) is 18.2 Å². The van der Waals surface area contributed by atoms with E-state index in [0.29, 0.717) is 36.3 Å². The van der Waals surface area contributed by atoms with Gasteiger partial charge < -0.3 is 9.64 Å². The predicted molar refractivity (Wildman–Crippen MR) is 74.9 cm³/mol. The van der Waals surface area contributed by atoms with Gasteiger partial charge in [0.05, 0.1) is 17.6 Å². The summed E-state index contributed by atoms with van der Waals surface area (Å²) in [5.41, 5.74) is 0.667. The van der Waals surface area contributed by atoms with Crippen LogP contribution in [0.2, 0.25) is 5.02 Å². The third kappa shape index (κ3) is 3.16. The van der Waals surface area contributed by atoms with Crippen molar-refractivity contribution < 1.29 is 9.66 Å². The highest BCUT2D eigenvalue weighted by Gasteiger charge is 2.27. The lowest BCUT2D eigenvalue weighted by molar-refractivity contribution is -0.384. The Morgan fingerprint density at radius 2 is 2.26 bits per heavy atom. The fourth-order valence-corrected chi connectivity index (χ4v) is 2.37. The molecule has 0 spiro atoms. The summed E-state index contributed by atoms with van der Waals surface area (Å²) < 4.78 is 5.68. The lowest BCUT2D eigenvalue weighted by atomic mass is 10.1. The smallest absolute Gasteiger partial charge is 0.294 e. The standard InChI is InChI=1S/C13H17ClN2O3/c1-9(2)13-8-15(5-6-19-13)11-4-3-10(14)7-12(11)16(17)18/h3-4,7,9,13H,5-6,8H2,1-2H3/t13-/m1/s1. The number of benzene rings is 1. The summed E-state index contributed by atoms with van der Waals surface area (Å²) in [6, 6.07) is 4.80. The van der Waals surface area contributed by atoms with Crippen molar-refractivity contribution in [1.29, 1.82) is 0 Å². The molecule has 1 aliphatic heterocycles. The molecule has 0 unspecified atom stereocenters. The van der Waals surface area contributed by atoms with E-state index in [9.17, 15) is 10.1 Å². The number of nitro groups is 1. The van der Waals surface area contributed by atoms with E-state index in [2.05, 4.69) is 13.8 Å². The summed E-state index contributed by atoms with van der Waals surface area (Å²) >= 11 is 5.83. The molecule has 0 bridgehead atoms. The average Bonchev–Trinajstić information content (AvgIpc) is 2.38. The number of nitrogens with zero attached hydrogens (tertiary/aromatic N) is 2. The van der Waals surface area contributed by atoms with Gasteiger partial charge in [-0.15, -0.1) is 0 Å². The molecule has 6 heteroatoms. The molecule has 1 saturated heterocycles. The summed E-state index contributed by atoms with van der Waals surface area (Å²) in [5, 5.41) is 11.5. The largest absolute Gasteiger partial charge is 0.374 e. The van der Waals surface area contributed by atoms with Crippen LogP contribution in [0.5, 0.6) is 0 Å². The minimum Gasteiger partial charge on any atom is -0.374 e. The Labute approximate surface area is 117 Å². The number of hydrogen-bond donors (Lipinski definition) is 0. The Morgan fingerprint density at radius 1 is 1.53 bits per heavy atom. The summed E-state index contributed by atoms with van der Waals surface area (Å²) in [6.07, 6.45) is 0.101. The van der Waals surface area contributed by atoms with E-state index >= 15 is 0 Å². The SMILES string of the molecule is CC(C)[C@H]1CN(c2ccc(Cl)cc2[N+](=O)[O-])CCO1. The predicted octanol–water partition coefficient (Wildman–Crippen LogP) is 3.11. The number of nitro benzene ring substituents is 1. The first-order valence-electron chi connectivity index (χ1n) is 6.29. The molecule has 19 heavy (non-hydrogen) atoms. The normalized spacial score (nSPS) is 19.8. The Hall–Kier alpha value is -1.33. The van der Waals surface area contributed by atoms with E-state index < -0.39 is 0 Å². The second-order valence-corrected chi connectivity index (χ2v) is 5.43. The zero-order valence-corrected chi connectivity index (χ0v) is 11.8. The topological polar surface area (TPSA) is 55.6 Å². The highest BCUT2D eigenvalue weighted by atomic mass is 35.5. The van der Waals surface area contributed by atoms with Crippen LogP contribution in [0.1, 0.15) is 13.8 Å². The molecule has 0 saturated carbocycles. The number of rotatable bonds is 3. The summed E-state index contributed by atoms with van der Waals surface area (Å²) in [4.78, 5) is 12.7. The van der Waals surface area contributed by atoms with Crippen LogP contribution in [-0.4, -0.2) is 30.7 Å². The van der Waals surface area contributed by atoms with Gasteiger partial charge in [0.1, 0.15) is 5.69 Å². The molecule has 1 heterocycles. The Balaban J connectivity index is 2.28. The minimum atomic E-state index is -0.388. The van der Waals surface area contributed by atoms with Crippen molar-refractivity contribution in [2.24, 2.45) is 5.92 Å². The summed E-state index contributed by atoms with van der Waals surface area (Å²) in [6.45, 7) is 6.09. The van der Waals surface area contributed by atoms with Gasteiger partial charge in [-0.2, -0.15) is 0 Å². The van der Waals surface area contributed by atoms with Crippen molar-refractivity contribution in [3.8, 4) is 0 Å². The van der Waals surface area contributed by atoms with Crippen LogP contribution in [0.25, 0.3) is 0 Å². The second kappa shape index (κ2) is 5.75. The molecule has 1 aliphatic rings. The molecule has 0 aromatic heterocycles. The monoisotopic (exact) mass is 284 g/mol. The van der Waals surface area contributed by atoms with Crippen molar-refractivity contribution in [2.45, 2.75) is 20.0 Å². The Bertz CT molecular complexity index is 479. The first kappa shape index (κ1) is 14.1. The fraction of sp³-hybridized carbons (Fsp3) is 0.538. The van der Waals surface area contributed by atoms with Crippen LogP contribution in [0.4, 0.5) is 11.4 Å². The second-order valence-electron chi connectivity index (χ2n) is 4.99. The molecule has 1 aromatic rings. The van der Waals surface area contributed by atoms with E-state index in [1.54, 1.807) is 12.1 Å². The molecule has 104 valence electrons. The maximum absolute atomic E-state index is 11.1. The van der Waals surface area contributed by atoms with E-state index in [4.69, 9.17) is 16.3 Å². The molecule has 5 nitrogen and oxygen atoms in total. The van der Waals surface area contributed by atoms with Crippen molar-refractivity contribution in [3.63, 3.8) is 0 Å². The Morgan fingerprint density at radius 3 is 2.89 bits per heavy atom. The van der Waals surface area contributed by atoms with E-state index in [1.165, 1.54) is 6.07 Å². The fourth-order valence-electron chi connectivity index (χ4n) is 2.21. The summed E-state index contributed by atoms with van der Waals surface area (Å²) in [5.74, 6) is 0.383. The highest BCUT2D eigenvalue weighted by Crippen LogP contribution is 2.32. The van der Waals surface area contributed by atoms with Gasteiger partial charge in [-0.05, 0) is 18.1 Å². The third-order valence-electron chi connectivity index (χ3n) is 3.31. The van der Waals surface area contributed by atoms with Gasteiger partial charge >= 0.3 is 0 Å².